The van der Waals surface area contributed by atoms with Crippen molar-refractivity contribution in [2.45, 2.75) is 36.0 Å². The highest BCUT2D eigenvalue weighted by molar-refractivity contribution is 8.00. The number of alkyl halides is 3. The molecule has 17 heteroatoms. The van der Waals surface area contributed by atoms with Gasteiger partial charge < -0.3 is 26.3 Å². The van der Waals surface area contributed by atoms with Gasteiger partial charge in [-0.05, 0) is 41.7 Å². The van der Waals surface area contributed by atoms with E-state index in [1.165, 1.54) is 29.3 Å². The van der Waals surface area contributed by atoms with Crippen molar-refractivity contribution in [1.29, 1.82) is 0 Å². The van der Waals surface area contributed by atoms with Gasteiger partial charge in [-0.3, -0.25) is 19.3 Å². The first-order valence-electron chi connectivity index (χ1n) is 18.9. The Morgan fingerprint density at radius 2 is 1.49 bits per heavy atom. The highest BCUT2D eigenvalue weighted by Crippen LogP contribution is 2.45. The molecule has 1 aromatic heterocycles. The van der Waals surface area contributed by atoms with Crippen LogP contribution in [0.5, 0.6) is 0 Å². The quantitative estimate of drug-likeness (QED) is 0.0371. The summed E-state index contributed by atoms with van der Waals surface area (Å²) in [4.78, 5) is 66.3. The van der Waals surface area contributed by atoms with Gasteiger partial charge in [-0.1, -0.05) is 108 Å². The number of benzene rings is 4. The largest absolute Gasteiger partial charge is 0.477 e. The van der Waals surface area contributed by atoms with E-state index in [0.29, 0.717) is 27.8 Å². The minimum absolute atomic E-state index is 0.00955. The lowest BCUT2D eigenvalue weighted by Crippen LogP contribution is -2.71. The van der Waals surface area contributed by atoms with E-state index in [-0.39, 0.29) is 58.5 Å². The fourth-order valence-corrected chi connectivity index (χ4v) is 9.60. The Bertz CT molecular complexity index is 2500. The van der Waals surface area contributed by atoms with Crippen LogP contribution in [-0.4, -0.2) is 68.1 Å². The minimum Gasteiger partial charge on any atom is -0.477 e. The SMILES string of the molecule is Nc1nc(C(=NOC(c2ccccc2)(c2ccccc2)c2ccccc2)C(=O)N[C@@H]2C(=O)N3C(C(=O)O)=C(C(Cc4ccc(C(F)(F)F)cc4)=C4CCNC4=O)CS[C@H]23)cs1. The van der Waals surface area contributed by atoms with E-state index in [2.05, 4.69) is 20.8 Å². The molecule has 4 aromatic carbocycles. The Hall–Kier alpha value is -6.72. The van der Waals surface area contributed by atoms with Crippen molar-refractivity contribution in [3.05, 3.63) is 177 Å². The van der Waals surface area contributed by atoms with Gasteiger partial charge in [0.15, 0.2) is 10.8 Å². The molecule has 3 amide bonds. The first-order chi connectivity index (χ1) is 29.4. The van der Waals surface area contributed by atoms with Crippen molar-refractivity contribution in [2.24, 2.45) is 5.16 Å². The summed E-state index contributed by atoms with van der Waals surface area (Å²) in [5, 5.41) is 21.3. The smallest absolute Gasteiger partial charge is 0.416 e. The number of aromatic nitrogens is 1. The van der Waals surface area contributed by atoms with Crippen molar-refractivity contribution in [2.75, 3.05) is 18.0 Å². The van der Waals surface area contributed by atoms with Gasteiger partial charge >= 0.3 is 12.1 Å². The number of amides is 3. The van der Waals surface area contributed by atoms with Crippen LogP contribution in [0.15, 0.2) is 148 Å². The van der Waals surface area contributed by atoms with Crippen LogP contribution in [0, 0.1) is 0 Å². The zero-order chi connectivity index (χ0) is 42.9. The summed E-state index contributed by atoms with van der Waals surface area (Å²) in [5.41, 5.74) is 6.46. The first kappa shape index (κ1) is 41.0. The molecule has 12 nitrogen and oxygen atoms in total. The number of carboxylic acids is 1. The highest BCUT2D eigenvalue weighted by Gasteiger charge is 2.55. The van der Waals surface area contributed by atoms with Gasteiger partial charge in [-0.25, -0.2) is 9.78 Å². The number of allylic oxidation sites excluding steroid dienone is 1. The number of thiazole rings is 1. The lowest BCUT2D eigenvalue weighted by molar-refractivity contribution is -0.150. The standard InChI is InChI=1S/C44H35F3N6O6S2/c45-44(46,47)29-18-16-25(17-19-29)22-31(30-20-21-49-37(30)54)32-23-60-40-35(39(56)53(40)36(32)41(57)58)51-38(55)34(33-24-61-42(48)50-33)52-59-43(26-10-4-1-5-11-26,27-12-6-2-7-13-27)28-14-8-3-9-15-28/h1-19,24,35,40H,20-23H2,(H2,48,50)(H,49,54)(H,51,55)(H,57,58)/t35-,40-/m1/s1. The van der Waals surface area contributed by atoms with Gasteiger partial charge in [-0.15, -0.1) is 23.1 Å². The van der Waals surface area contributed by atoms with E-state index in [1.807, 2.05) is 91.0 Å². The number of β-lactam (4-membered cyclic amide) rings is 1. The molecule has 3 aliphatic rings. The zero-order valence-electron chi connectivity index (χ0n) is 31.9. The van der Waals surface area contributed by atoms with Crippen molar-refractivity contribution in [3.8, 4) is 0 Å². The summed E-state index contributed by atoms with van der Waals surface area (Å²) in [6.07, 6.45) is -4.38. The number of carboxylic acid groups (broad SMARTS) is 1. The predicted molar refractivity (Wildman–Crippen MR) is 223 cm³/mol. The van der Waals surface area contributed by atoms with Crippen molar-refractivity contribution in [3.63, 3.8) is 0 Å². The second kappa shape index (κ2) is 16.7. The number of anilines is 1. The number of oxime groups is 1. The van der Waals surface area contributed by atoms with Crippen LogP contribution >= 0.6 is 23.1 Å². The molecule has 0 radical (unpaired) electrons. The molecule has 2 fully saturated rings. The van der Waals surface area contributed by atoms with Crippen LogP contribution in [-0.2, 0) is 42.2 Å². The second-order valence-corrected chi connectivity index (χ2v) is 16.2. The fourth-order valence-electron chi connectivity index (χ4n) is 7.67. The molecular weight excluding hydrogens is 830 g/mol. The number of thioether (sulfide) groups is 1. The molecule has 0 bridgehead atoms. The minimum atomic E-state index is -4.56. The lowest BCUT2D eigenvalue weighted by atomic mass is 9.80. The Morgan fingerprint density at radius 3 is 1.98 bits per heavy atom. The molecule has 5 aromatic rings. The van der Waals surface area contributed by atoms with Gasteiger partial charge in [0.2, 0.25) is 11.5 Å². The van der Waals surface area contributed by atoms with Gasteiger partial charge in [-0.2, -0.15) is 13.2 Å². The molecule has 2 atom stereocenters. The molecule has 3 aliphatic heterocycles. The van der Waals surface area contributed by atoms with E-state index in [4.69, 9.17) is 10.6 Å². The monoisotopic (exact) mass is 864 g/mol. The number of nitrogens with one attached hydrogen (secondary N) is 2. The topological polar surface area (TPSA) is 176 Å². The maximum Gasteiger partial charge on any atom is 0.416 e. The van der Waals surface area contributed by atoms with Crippen molar-refractivity contribution >= 4 is 57.6 Å². The summed E-state index contributed by atoms with van der Waals surface area (Å²) in [5.74, 6) is -3.45. The Labute approximate surface area is 355 Å². The number of hydrogen-bond donors (Lipinski definition) is 4. The average Bonchev–Trinajstić information content (AvgIpc) is 3.90. The molecule has 4 heterocycles. The number of nitrogen functional groups attached to an aromatic ring is 1. The number of carbonyl (C=O) groups is 4. The lowest BCUT2D eigenvalue weighted by Gasteiger charge is -2.49. The summed E-state index contributed by atoms with van der Waals surface area (Å²) in [6.45, 7) is 0.286. The third-order valence-corrected chi connectivity index (χ3v) is 12.5. The summed E-state index contributed by atoms with van der Waals surface area (Å²) in [6, 6.07) is 31.2. The highest BCUT2D eigenvalue weighted by atomic mass is 32.2. The Balaban J connectivity index is 1.13. The zero-order valence-corrected chi connectivity index (χ0v) is 33.5. The van der Waals surface area contributed by atoms with Gasteiger partial charge in [0.1, 0.15) is 22.8 Å². The molecule has 0 unspecified atom stereocenters. The van der Waals surface area contributed by atoms with Crippen LogP contribution in [0.25, 0.3) is 0 Å². The molecule has 8 rings (SSSR count). The van der Waals surface area contributed by atoms with E-state index in [9.17, 15) is 37.5 Å². The van der Waals surface area contributed by atoms with E-state index >= 15 is 0 Å². The van der Waals surface area contributed by atoms with Crippen LogP contribution in [0.1, 0.15) is 39.9 Å². The van der Waals surface area contributed by atoms with Crippen LogP contribution in [0.3, 0.4) is 0 Å². The summed E-state index contributed by atoms with van der Waals surface area (Å²) < 4.78 is 40.0. The number of nitrogens with zero attached hydrogens (tertiary/aromatic N) is 3. The van der Waals surface area contributed by atoms with E-state index < -0.39 is 52.4 Å². The van der Waals surface area contributed by atoms with E-state index in [1.54, 1.807) is 0 Å². The molecule has 61 heavy (non-hydrogen) atoms. The number of aliphatic carboxylic acids is 1. The van der Waals surface area contributed by atoms with Gasteiger partial charge in [0, 0.05) is 39.9 Å². The maximum absolute atomic E-state index is 14.4. The maximum atomic E-state index is 14.4. The summed E-state index contributed by atoms with van der Waals surface area (Å²) in [7, 11) is 0. The number of rotatable bonds is 12. The van der Waals surface area contributed by atoms with E-state index in [0.717, 1.165) is 28.4 Å². The number of hydrogen-bond acceptors (Lipinski definition) is 10. The number of carbonyl (C=O) groups excluding carboxylic acids is 3. The first-order valence-corrected chi connectivity index (χ1v) is 20.8. The molecule has 310 valence electrons. The Morgan fingerprint density at radius 1 is 0.902 bits per heavy atom. The van der Waals surface area contributed by atoms with Crippen LogP contribution < -0.4 is 16.4 Å². The molecule has 2 saturated heterocycles. The van der Waals surface area contributed by atoms with Crippen LogP contribution in [0.4, 0.5) is 18.3 Å². The summed E-state index contributed by atoms with van der Waals surface area (Å²) >= 11 is 2.24. The number of nitrogens with two attached hydrogens (primary N) is 1. The fraction of sp³-hybridized carbons (Fsp3) is 0.182. The Kier molecular flexibility index (Phi) is 11.3. The average molecular weight is 865 g/mol. The van der Waals surface area contributed by atoms with Gasteiger partial charge in [0.25, 0.3) is 11.8 Å². The second-order valence-electron chi connectivity index (χ2n) is 14.2. The molecule has 5 N–H and O–H groups in total. The van der Waals surface area contributed by atoms with Crippen molar-refractivity contribution in [1.82, 2.24) is 20.5 Å². The molecule has 0 spiro atoms. The normalized spacial score (nSPS) is 18.9. The molecule has 0 aliphatic carbocycles. The van der Waals surface area contributed by atoms with Crippen LogP contribution in [0.2, 0.25) is 0 Å². The van der Waals surface area contributed by atoms with Gasteiger partial charge in [0.05, 0.1) is 5.56 Å². The third-order valence-electron chi connectivity index (χ3n) is 10.6. The third kappa shape index (κ3) is 7.89. The number of fused-ring (bicyclic) bond motifs is 1. The molecular formula is C44H35F3N6O6S2. The predicted octanol–water partition coefficient (Wildman–Crippen LogP) is 6.25. The molecule has 0 saturated carbocycles. The number of halogens is 3. The van der Waals surface area contributed by atoms with Crippen molar-refractivity contribution < 1.29 is 42.3 Å².